The summed E-state index contributed by atoms with van der Waals surface area (Å²) in [7, 11) is 0. The van der Waals surface area contributed by atoms with Crippen molar-refractivity contribution >= 4 is 23.5 Å². The standard InChI is InChI=1S/C50H68F2O12/c1-27-19-35-33-13-11-29-21-31(53)15-17-43(29,3)47(33,51)37(55)23-45(35,5)49(27,61)39(57)25-63-41(59)9-7-8-10-42(60)64-26-40(58)50(62)28(2)20-36-34-14-12-30-22-32(54)16-18-44(30,4)48(34,52)38(56)24-46(36,50)6/h15-18,21-22,27-28,33-40,55-58,61-62H,7-14,19-20,23-26H2,1-6H3/t27-,28-,33?,34?,35?,36?,37+,38+,39?,40?,43+,44+,45+,46+,47+,48+,49+,50+/m1/s1. The van der Waals surface area contributed by atoms with Gasteiger partial charge in [-0.05, 0) is 126 Å². The van der Waals surface area contributed by atoms with Crippen LogP contribution in [0.2, 0.25) is 0 Å². The molecule has 14 heteroatoms. The van der Waals surface area contributed by atoms with Crippen LogP contribution in [-0.2, 0) is 28.7 Å². The van der Waals surface area contributed by atoms with Gasteiger partial charge in [0.1, 0.15) is 36.6 Å². The number of carbonyl (C=O) groups is 4. The highest BCUT2D eigenvalue weighted by Gasteiger charge is 2.77. The molecule has 6 unspecified atom stereocenters. The molecule has 0 aromatic heterocycles. The molecule has 0 amide bonds. The first-order valence-corrected chi connectivity index (χ1v) is 23.5. The molecule has 12 nitrogen and oxygen atoms in total. The van der Waals surface area contributed by atoms with Gasteiger partial charge in [0.25, 0.3) is 0 Å². The average molecular weight is 899 g/mol. The molecule has 0 bridgehead atoms. The molecule has 0 radical (unpaired) electrons. The number of hydrogen-bond acceptors (Lipinski definition) is 12. The Morgan fingerprint density at radius 2 is 1.03 bits per heavy atom. The van der Waals surface area contributed by atoms with E-state index >= 15 is 8.78 Å². The fraction of sp³-hybridized carbons (Fsp3) is 0.760. The van der Waals surface area contributed by atoms with E-state index in [1.807, 2.05) is 0 Å². The molecular formula is C50H68F2O12. The monoisotopic (exact) mass is 898 g/mol. The summed E-state index contributed by atoms with van der Waals surface area (Å²) in [5, 5.41) is 70.9. The van der Waals surface area contributed by atoms with Crippen molar-refractivity contribution in [2.24, 2.45) is 57.2 Å². The third-order valence-corrected chi connectivity index (χ3v) is 19.4. The van der Waals surface area contributed by atoms with Crippen LogP contribution >= 0.6 is 0 Å². The zero-order valence-corrected chi connectivity index (χ0v) is 38.0. The summed E-state index contributed by atoms with van der Waals surface area (Å²) in [6.07, 6.45) is 5.09. The average Bonchev–Trinajstić information content (AvgIpc) is 3.57. The van der Waals surface area contributed by atoms with Crippen LogP contribution in [0.4, 0.5) is 8.78 Å². The molecule has 0 saturated heterocycles. The van der Waals surface area contributed by atoms with E-state index in [4.69, 9.17) is 9.47 Å². The van der Waals surface area contributed by atoms with E-state index in [9.17, 15) is 49.8 Å². The molecule has 8 aliphatic carbocycles. The number of ketones is 2. The molecule has 8 rings (SSSR count). The number of allylic oxidation sites excluding steroid dienone is 8. The first kappa shape index (κ1) is 47.4. The van der Waals surface area contributed by atoms with E-state index in [2.05, 4.69) is 0 Å². The topological polar surface area (TPSA) is 208 Å². The zero-order valence-electron chi connectivity index (χ0n) is 38.0. The molecule has 0 aromatic carbocycles. The lowest BCUT2D eigenvalue weighted by Gasteiger charge is -2.63. The predicted octanol–water partition coefficient (Wildman–Crippen LogP) is 5.05. The van der Waals surface area contributed by atoms with Gasteiger partial charge in [0.05, 0.1) is 12.2 Å². The first-order chi connectivity index (χ1) is 29.8. The van der Waals surface area contributed by atoms with Crippen molar-refractivity contribution in [1.29, 1.82) is 0 Å². The van der Waals surface area contributed by atoms with Crippen molar-refractivity contribution < 1.29 is 68.1 Å². The lowest BCUT2D eigenvalue weighted by Crippen LogP contribution is -2.70. The Bertz CT molecular complexity index is 1940. The SMILES string of the molecule is C[C@@H]1CC2C3CCC4=CC(=O)C=C[C@]4(C)[C@@]3(F)[C@@H](O)C[C@]2(C)[C@@]1(O)C(O)COC(=O)CCCCC(=O)OCC(O)[C@@]1(O)[C@H](C)CC2C3CCC4=CC(=O)C=C[C@]4(C)[C@@]3(F)[C@@H](O)C[C@@]21C. The van der Waals surface area contributed by atoms with E-state index in [1.54, 1.807) is 53.7 Å². The number of esters is 2. The second kappa shape index (κ2) is 15.7. The van der Waals surface area contributed by atoms with Gasteiger partial charge in [-0.15, -0.1) is 0 Å². The van der Waals surface area contributed by atoms with Gasteiger partial charge in [0, 0.05) is 46.3 Å². The highest BCUT2D eigenvalue weighted by atomic mass is 19.1. The third-order valence-electron chi connectivity index (χ3n) is 19.4. The summed E-state index contributed by atoms with van der Waals surface area (Å²) in [5.41, 5.74) is -11.1. The second-order valence-corrected chi connectivity index (χ2v) is 22.1. The van der Waals surface area contributed by atoms with Crippen molar-refractivity contribution in [3.05, 3.63) is 47.6 Å². The number of ether oxygens (including phenoxy) is 2. The minimum Gasteiger partial charge on any atom is -0.463 e. The van der Waals surface area contributed by atoms with E-state index in [0.717, 1.165) is 0 Å². The molecule has 6 saturated carbocycles. The van der Waals surface area contributed by atoms with Gasteiger partial charge in [-0.1, -0.05) is 51.0 Å². The lowest BCUT2D eigenvalue weighted by molar-refractivity contribution is -0.244. The largest absolute Gasteiger partial charge is 0.463 e. The molecule has 0 spiro atoms. The highest BCUT2D eigenvalue weighted by Crippen LogP contribution is 2.73. The molecule has 6 fully saturated rings. The molecule has 18 atom stereocenters. The Labute approximate surface area is 374 Å². The third kappa shape index (κ3) is 6.23. The van der Waals surface area contributed by atoms with Crippen LogP contribution in [0.25, 0.3) is 0 Å². The van der Waals surface area contributed by atoms with Crippen molar-refractivity contribution in [1.82, 2.24) is 0 Å². The Morgan fingerprint density at radius 1 is 0.672 bits per heavy atom. The van der Waals surface area contributed by atoms with Crippen LogP contribution in [0.15, 0.2) is 47.6 Å². The number of fused-ring (bicyclic) bond motifs is 10. The summed E-state index contributed by atoms with van der Waals surface area (Å²) in [6.45, 7) is 9.47. The molecule has 0 heterocycles. The molecule has 64 heavy (non-hydrogen) atoms. The number of carbonyl (C=O) groups excluding carboxylic acids is 4. The van der Waals surface area contributed by atoms with Gasteiger partial charge in [0.2, 0.25) is 0 Å². The van der Waals surface area contributed by atoms with Crippen LogP contribution in [0.1, 0.15) is 119 Å². The van der Waals surface area contributed by atoms with Crippen molar-refractivity contribution in [3.63, 3.8) is 0 Å². The van der Waals surface area contributed by atoms with E-state index in [1.165, 1.54) is 24.3 Å². The summed E-state index contributed by atoms with van der Waals surface area (Å²) in [6, 6.07) is 0. The molecular weight excluding hydrogens is 831 g/mol. The summed E-state index contributed by atoms with van der Waals surface area (Å²) in [4.78, 5) is 50.1. The number of alkyl halides is 2. The van der Waals surface area contributed by atoms with Crippen molar-refractivity contribution in [3.8, 4) is 0 Å². The van der Waals surface area contributed by atoms with Gasteiger partial charge in [-0.25, -0.2) is 8.78 Å². The highest BCUT2D eigenvalue weighted by molar-refractivity contribution is 6.01. The summed E-state index contributed by atoms with van der Waals surface area (Å²) >= 11 is 0. The second-order valence-electron chi connectivity index (χ2n) is 22.1. The fourth-order valence-electron chi connectivity index (χ4n) is 15.9. The normalized spacial score (nSPS) is 48.7. The molecule has 0 aliphatic heterocycles. The molecule has 354 valence electrons. The van der Waals surface area contributed by atoms with Gasteiger partial charge in [-0.3, -0.25) is 19.2 Å². The quantitative estimate of drug-likeness (QED) is 0.119. The van der Waals surface area contributed by atoms with E-state index < -0.39 is 129 Å². The van der Waals surface area contributed by atoms with Gasteiger partial charge >= 0.3 is 11.9 Å². The Balaban J connectivity index is 0.817. The maximum absolute atomic E-state index is 17.5. The van der Waals surface area contributed by atoms with Crippen LogP contribution in [0.5, 0.6) is 0 Å². The number of halogens is 2. The van der Waals surface area contributed by atoms with Gasteiger partial charge < -0.3 is 40.1 Å². The first-order valence-electron chi connectivity index (χ1n) is 23.5. The number of rotatable bonds is 11. The van der Waals surface area contributed by atoms with Gasteiger partial charge in [-0.2, -0.15) is 0 Å². The van der Waals surface area contributed by atoms with E-state index in [-0.39, 0.29) is 50.1 Å². The van der Waals surface area contributed by atoms with Gasteiger partial charge in [0.15, 0.2) is 22.9 Å². The number of unbranched alkanes of at least 4 members (excludes halogenated alkanes) is 1. The Kier molecular flexibility index (Phi) is 11.6. The van der Waals surface area contributed by atoms with Crippen LogP contribution < -0.4 is 0 Å². The predicted molar refractivity (Wildman–Crippen MR) is 228 cm³/mol. The van der Waals surface area contributed by atoms with Crippen LogP contribution in [-0.4, -0.2) is 114 Å². The summed E-state index contributed by atoms with van der Waals surface area (Å²) < 4.78 is 45.9. The lowest BCUT2D eigenvalue weighted by atomic mass is 9.44. The number of hydrogen-bond donors (Lipinski definition) is 6. The van der Waals surface area contributed by atoms with Crippen molar-refractivity contribution in [2.45, 2.75) is 166 Å². The van der Waals surface area contributed by atoms with Crippen LogP contribution in [0, 0.1) is 57.2 Å². The number of aliphatic hydroxyl groups excluding tert-OH is 4. The fourth-order valence-corrected chi connectivity index (χ4v) is 15.9. The number of aliphatic hydroxyl groups is 6. The zero-order chi connectivity index (χ0) is 46.8. The van der Waals surface area contributed by atoms with Crippen LogP contribution in [0.3, 0.4) is 0 Å². The molecule has 8 aliphatic rings. The van der Waals surface area contributed by atoms with E-state index in [0.29, 0.717) is 49.7 Å². The van der Waals surface area contributed by atoms with Crippen molar-refractivity contribution in [2.75, 3.05) is 13.2 Å². The minimum absolute atomic E-state index is 0.106. The maximum atomic E-state index is 17.5. The minimum atomic E-state index is -2.09. The molecule has 6 N–H and O–H groups in total. The molecule has 0 aromatic rings. The maximum Gasteiger partial charge on any atom is 0.305 e. The smallest absolute Gasteiger partial charge is 0.305 e. The Hall–Kier alpha value is -3.14. The summed E-state index contributed by atoms with van der Waals surface area (Å²) in [5.74, 6) is -4.94. The Morgan fingerprint density at radius 3 is 1.39 bits per heavy atom.